The van der Waals surface area contributed by atoms with E-state index in [9.17, 15) is 12.6 Å². The Bertz CT molecular complexity index is 65.5. The molecule has 0 bridgehead atoms. The van der Waals surface area contributed by atoms with Crippen LogP contribution in [-0.4, -0.2) is 12.9 Å². The van der Waals surface area contributed by atoms with Gasteiger partial charge in [0.05, 0.1) is 0 Å². The van der Waals surface area contributed by atoms with Crippen molar-refractivity contribution in [2.45, 2.75) is 0 Å². The van der Waals surface area contributed by atoms with Gasteiger partial charge in [-0.1, -0.05) is 0 Å². The maximum atomic E-state index is 11.6. The fourth-order valence-electron chi connectivity index (χ4n) is 0. The van der Waals surface area contributed by atoms with Crippen molar-refractivity contribution in [1.29, 1.82) is 0 Å². The molecule has 0 heterocycles. The first-order chi connectivity index (χ1) is 2.81. The molecular formula is C2H6F3PS. The van der Waals surface area contributed by atoms with Crippen LogP contribution in [0.1, 0.15) is 0 Å². The van der Waals surface area contributed by atoms with Crippen molar-refractivity contribution in [3.05, 3.63) is 0 Å². The van der Waals surface area contributed by atoms with Crippen molar-refractivity contribution >= 4 is 18.1 Å². The molecule has 46 valence electrons. The summed E-state index contributed by atoms with van der Waals surface area (Å²) in [7, 11) is 0. The quantitative estimate of drug-likeness (QED) is 0.517. The van der Waals surface area contributed by atoms with Crippen LogP contribution < -0.4 is 0 Å². The van der Waals surface area contributed by atoms with Crippen LogP contribution in [0.5, 0.6) is 0 Å². The third-order valence-electron chi connectivity index (χ3n) is 0.390. The van der Waals surface area contributed by atoms with E-state index >= 15 is 0 Å². The average molecular weight is 150 g/mol. The molecule has 0 rings (SSSR count). The van der Waals surface area contributed by atoms with Crippen molar-refractivity contribution in [2.75, 3.05) is 12.9 Å². The van der Waals surface area contributed by atoms with Crippen LogP contribution in [0, 0.1) is 0 Å². The molecule has 0 N–H and O–H groups in total. The summed E-state index contributed by atoms with van der Waals surface area (Å²) in [5, 5.41) is 0. The number of hydrogen-bond acceptors (Lipinski definition) is 1. The van der Waals surface area contributed by atoms with Crippen LogP contribution in [0.15, 0.2) is 0 Å². The van der Waals surface area contributed by atoms with Gasteiger partial charge in [0.15, 0.2) is 0 Å². The summed E-state index contributed by atoms with van der Waals surface area (Å²) < 4.78 is 34.7. The summed E-state index contributed by atoms with van der Waals surface area (Å²) in [4.78, 5) is 0. The van der Waals surface area contributed by atoms with E-state index < -0.39 is 6.74 Å². The molecule has 0 amide bonds. The third-order valence-corrected chi connectivity index (χ3v) is 3.51. The summed E-state index contributed by atoms with van der Waals surface area (Å²) in [6, 6.07) is 0. The molecule has 0 atom stereocenters. The SMILES string of the molecule is CSP(C)(F)(F)F. The molecule has 0 saturated heterocycles. The molecule has 0 aliphatic carbocycles. The fraction of sp³-hybridized carbons (Fsp3) is 1.00. The number of halogens is 3. The van der Waals surface area contributed by atoms with Crippen molar-refractivity contribution in [1.82, 2.24) is 0 Å². The van der Waals surface area contributed by atoms with E-state index in [-0.39, 0.29) is 11.4 Å². The summed E-state index contributed by atoms with van der Waals surface area (Å²) in [6.07, 6.45) is 1.07. The predicted molar refractivity (Wildman–Crippen MR) is 29.7 cm³/mol. The molecule has 7 heavy (non-hydrogen) atoms. The Labute approximate surface area is 44.5 Å². The Morgan fingerprint density at radius 3 is 1.43 bits per heavy atom. The van der Waals surface area contributed by atoms with E-state index in [1.807, 2.05) is 0 Å². The first-order valence-electron chi connectivity index (χ1n) is 1.55. The Balaban J connectivity index is 3.83. The van der Waals surface area contributed by atoms with E-state index in [1.54, 1.807) is 0 Å². The monoisotopic (exact) mass is 150 g/mol. The Hall–Kier alpha value is 0.570. The zero-order valence-electron chi connectivity index (χ0n) is 3.99. The minimum absolute atomic E-state index is 0.0148. The van der Waals surface area contributed by atoms with E-state index in [1.165, 1.54) is 0 Å². The molecule has 0 aromatic heterocycles. The fourth-order valence-corrected chi connectivity index (χ4v) is 0. The van der Waals surface area contributed by atoms with Crippen molar-refractivity contribution in [3.8, 4) is 0 Å². The molecular weight excluding hydrogens is 144 g/mol. The van der Waals surface area contributed by atoms with E-state index in [4.69, 9.17) is 0 Å². The molecule has 0 fully saturated rings. The molecule has 0 unspecified atom stereocenters. The zero-order chi connectivity index (χ0) is 6.15. The van der Waals surface area contributed by atoms with Crippen LogP contribution in [0.25, 0.3) is 0 Å². The number of hydrogen-bond donors (Lipinski definition) is 0. The summed E-state index contributed by atoms with van der Waals surface area (Å²) in [5.74, 6) is 0. The first-order valence-corrected chi connectivity index (χ1v) is 5.73. The molecule has 0 nitrogen and oxygen atoms in total. The van der Waals surface area contributed by atoms with Gasteiger partial charge in [-0.3, -0.25) is 0 Å². The second-order valence-electron chi connectivity index (χ2n) is 1.27. The number of rotatable bonds is 1. The molecule has 0 aromatic carbocycles. The van der Waals surface area contributed by atoms with Gasteiger partial charge >= 0.3 is 43.6 Å². The standard InChI is InChI=1S/C2H6F3PS/c1-6(3,4,5)7-2/h1-2H3. The van der Waals surface area contributed by atoms with Gasteiger partial charge < -0.3 is 0 Å². The predicted octanol–water partition coefficient (Wildman–Crippen LogP) is 3.10. The normalized spacial score (nSPS) is 18.1. The van der Waals surface area contributed by atoms with Gasteiger partial charge in [0.2, 0.25) is 0 Å². The Kier molecular flexibility index (Phi) is 1.65. The first kappa shape index (κ1) is 7.57. The van der Waals surface area contributed by atoms with Crippen LogP contribution >= 0.6 is 18.1 Å². The second kappa shape index (κ2) is 1.52. The molecule has 5 heteroatoms. The van der Waals surface area contributed by atoms with Crippen molar-refractivity contribution in [2.24, 2.45) is 0 Å². The maximum absolute atomic E-state index is 11.6. The topological polar surface area (TPSA) is 0 Å². The molecule has 0 radical (unpaired) electrons. The average Bonchev–Trinajstić information content (AvgIpc) is 1.32. The van der Waals surface area contributed by atoms with Gasteiger partial charge in [0.25, 0.3) is 0 Å². The zero-order valence-corrected chi connectivity index (χ0v) is 5.70. The molecule has 0 aliphatic heterocycles. The van der Waals surface area contributed by atoms with Gasteiger partial charge in [-0.25, -0.2) is 0 Å². The molecule has 0 aromatic rings. The van der Waals surface area contributed by atoms with E-state index in [0.717, 1.165) is 6.26 Å². The van der Waals surface area contributed by atoms with Crippen LogP contribution in [0.4, 0.5) is 12.6 Å². The van der Waals surface area contributed by atoms with E-state index in [0.29, 0.717) is 6.66 Å². The third kappa shape index (κ3) is 6.57. The van der Waals surface area contributed by atoms with Crippen molar-refractivity contribution in [3.63, 3.8) is 0 Å². The molecule has 0 aliphatic rings. The van der Waals surface area contributed by atoms with Gasteiger partial charge in [-0.2, -0.15) is 0 Å². The summed E-state index contributed by atoms with van der Waals surface area (Å²) >= 11 is 0.0148. The van der Waals surface area contributed by atoms with Crippen LogP contribution in [-0.2, 0) is 0 Å². The Morgan fingerprint density at radius 2 is 1.43 bits per heavy atom. The second-order valence-corrected chi connectivity index (χ2v) is 7.25. The van der Waals surface area contributed by atoms with Crippen molar-refractivity contribution < 1.29 is 12.6 Å². The molecule has 0 spiro atoms. The van der Waals surface area contributed by atoms with Gasteiger partial charge in [0.1, 0.15) is 0 Å². The minimum atomic E-state index is -5.66. The molecule has 0 saturated carbocycles. The van der Waals surface area contributed by atoms with Gasteiger partial charge in [-0.15, -0.1) is 0 Å². The Morgan fingerprint density at radius 1 is 1.29 bits per heavy atom. The van der Waals surface area contributed by atoms with Crippen LogP contribution in [0.3, 0.4) is 0 Å². The summed E-state index contributed by atoms with van der Waals surface area (Å²) in [6.45, 7) is -5.30. The summed E-state index contributed by atoms with van der Waals surface area (Å²) in [5.41, 5.74) is 0. The van der Waals surface area contributed by atoms with Gasteiger partial charge in [-0.05, 0) is 0 Å². The van der Waals surface area contributed by atoms with Crippen LogP contribution in [0.2, 0.25) is 0 Å². The van der Waals surface area contributed by atoms with Gasteiger partial charge in [0, 0.05) is 0 Å². The van der Waals surface area contributed by atoms with E-state index in [2.05, 4.69) is 0 Å².